The molecule has 1 aromatic carbocycles. The molecule has 1 aromatic rings. The first kappa shape index (κ1) is 28.0. The van der Waals surface area contributed by atoms with Crippen LogP contribution in [0.15, 0.2) is 18.2 Å². The van der Waals surface area contributed by atoms with Crippen molar-refractivity contribution in [2.24, 2.45) is 17.3 Å². The van der Waals surface area contributed by atoms with Crippen molar-refractivity contribution < 1.29 is 29.1 Å². The summed E-state index contributed by atoms with van der Waals surface area (Å²) in [5, 5.41) is 16.9. The molecule has 4 rings (SSSR count). The van der Waals surface area contributed by atoms with Crippen LogP contribution in [0.5, 0.6) is 11.5 Å². The van der Waals surface area contributed by atoms with E-state index in [0.717, 1.165) is 55.7 Å². The molecule has 0 spiro atoms. The number of nitrogens with one attached hydrogen (secondary N) is 2. The highest BCUT2D eigenvalue weighted by atomic mass is 16.7. The van der Waals surface area contributed by atoms with Crippen LogP contribution in [0.1, 0.15) is 65.7 Å². The summed E-state index contributed by atoms with van der Waals surface area (Å²) in [6.45, 7) is 7.17. The molecule has 2 heterocycles. The van der Waals surface area contributed by atoms with E-state index in [4.69, 9.17) is 9.47 Å². The molecule has 0 bridgehead atoms. The third kappa shape index (κ3) is 7.09. The summed E-state index contributed by atoms with van der Waals surface area (Å²) < 4.78 is 10.8. The molecule has 1 saturated heterocycles. The van der Waals surface area contributed by atoms with E-state index in [0.29, 0.717) is 36.9 Å². The van der Waals surface area contributed by atoms with Gasteiger partial charge in [-0.3, -0.25) is 19.6 Å². The van der Waals surface area contributed by atoms with Crippen molar-refractivity contribution in [2.75, 3.05) is 31.7 Å². The van der Waals surface area contributed by atoms with Gasteiger partial charge < -0.3 is 25.0 Å². The summed E-state index contributed by atoms with van der Waals surface area (Å²) in [5.74, 6) is 0.923. The molecule has 0 unspecified atom stereocenters. The summed E-state index contributed by atoms with van der Waals surface area (Å²) in [4.78, 5) is 40.0. The van der Waals surface area contributed by atoms with Gasteiger partial charge in [-0.1, -0.05) is 46.5 Å². The lowest BCUT2D eigenvalue weighted by molar-refractivity contribution is -0.156. The number of carbonyl (C=O) groups is 3. The number of piperidine rings is 1. The molecule has 38 heavy (non-hydrogen) atoms. The molecule has 0 radical (unpaired) electrons. The van der Waals surface area contributed by atoms with Crippen molar-refractivity contribution in [1.29, 1.82) is 0 Å². The number of benzene rings is 1. The van der Waals surface area contributed by atoms with Crippen LogP contribution in [0.4, 0.5) is 5.69 Å². The molecule has 0 aromatic heterocycles. The Labute approximate surface area is 225 Å². The Morgan fingerprint density at radius 2 is 1.82 bits per heavy atom. The van der Waals surface area contributed by atoms with Gasteiger partial charge in [0, 0.05) is 30.9 Å². The van der Waals surface area contributed by atoms with E-state index < -0.39 is 17.4 Å². The Bertz CT molecular complexity index is 982. The first-order valence-electron chi connectivity index (χ1n) is 13.8. The maximum absolute atomic E-state index is 13.7. The van der Waals surface area contributed by atoms with Gasteiger partial charge in [0.05, 0.1) is 12.5 Å². The molecule has 2 aliphatic heterocycles. The number of ether oxygens (including phenoxy) is 2. The van der Waals surface area contributed by atoms with Crippen LogP contribution in [0.2, 0.25) is 0 Å². The Morgan fingerprint density at radius 1 is 1.13 bits per heavy atom. The van der Waals surface area contributed by atoms with Crippen molar-refractivity contribution in [3.8, 4) is 11.5 Å². The molecular formula is C28H42N4O6. The van der Waals surface area contributed by atoms with Crippen LogP contribution in [0.3, 0.4) is 0 Å². The molecule has 3 amide bonds. The van der Waals surface area contributed by atoms with Crippen LogP contribution in [0.25, 0.3) is 0 Å². The van der Waals surface area contributed by atoms with Gasteiger partial charge in [-0.2, -0.15) is 0 Å². The maximum Gasteiger partial charge on any atom is 0.245 e. The lowest BCUT2D eigenvalue weighted by Gasteiger charge is -2.39. The van der Waals surface area contributed by atoms with E-state index in [1.807, 2.05) is 43.9 Å². The largest absolute Gasteiger partial charge is 0.454 e. The van der Waals surface area contributed by atoms with Crippen LogP contribution in [0, 0.1) is 17.3 Å². The van der Waals surface area contributed by atoms with E-state index in [2.05, 4.69) is 10.6 Å². The Balaban J connectivity index is 1.35. The number of rotatable bonds is 10. The SMILES string of the molecule is CC(C)(C)[C@H](NC(=O)[C@H](CC1CCCC1)CN(O)C=O)C(=O)N1CCC(Nc2ccc3c(c2)OCO3)CC1. The van der Waals surface area contributed by atoms with Gasteiger partial charge in [0.1, 0.15) is 6.04 Å². The Hall–Kier alpha value is -3.01. The smallest absolute Gasteiger partial charge is 0.245 e. The fourth-order valence-electron chi connectivity index (χ4n) is 5.74. The highest BCUT2D eigenvalue weighted by Crippen LogP contribution is 2.35. The van der Waals surface area contributed by atoms with Crippen molar-refractivity contribution in [1.82, 2.24) is 15.3 Å². The highest BCUT2D eigenvalue weighted by molar-refractivity contribution is 5.89. The predicted molar refractivity (Wildman–Crippen MR) is 142 cm³/mol. The van der Waals surface area contributed by atoms with Crippen molar-refractivity contribution in [2.45, 2.75) is 77.8 Å². The molecule has 1 saturated carbocycles. The molecule has 10 nitrogen and oxygen atoms in total. The van der Waals surface area contributed by atoms with Gasteiger partial charge in [0.25, 0.3) is 0 Å². The first-order chi connectivity index (χ1) is 18.1. The number of likely N-dealkylation sites (tertiary alicyclic amines) is 1. The number of anilines is 1. The van der Waals surface area contributed by atoms with Gasteiger partial charge >= 0.3 is 0 Å². The van der Waals surface area contributed by atoms with Crippen LogP contribution < -0.4 is 20.1 Å². The molecule has 10 heteroatoms. The van der Waals surface area contributed by atoms with Crippen molar-refractivity contribution >= 4 is 23.9 Å². The third-order valence-corrected chi connectivity index (χ3v) is 7.94. The van der Waals surface area contributed by atoms with Gasteiger partial charge in [0.2, 0.25) is 25.0 Å². The summed E-state index contributed by atoms with van der Waals surface area (Å²) in [7, 11) is 0. The third-order valence-electron chi connectivity index (χ3n) is 7.94. The summed E-state index contributed by atoms with van der Waals surface area (Å²) in [5.41, 5.74) is 0.455. The van der Waals surface area contributed by atoms with Crippen LogP contribution in [-0.4, -0.2) is 71.9 Å². The topological polar surface area (TPSA) is 120 Å². The lowest BCUT2D eigenvalue weighted by Crippen LogP contribution is -2.58. The number of nitrogens with zero attached hydrogens (tertiary/aromatic N) is 2. The van der Waals surface area contributed by atoms with E-state index >= 15 is 0 Å². The quantitative estimate of drug-likeness (QED) is 0.241. The second-order valence-corrected chi connectivity index (χ2v) is 11.9. The molecule has 2 atom stereocenters. The minimum Gasteiger partial charge on any atom is -0.454 e. The molecular weight excluding hydrogens is 488 g/mol. The zero-order valence-corrected chi connectivity index (χ0v) is 22.8. The van der Waals surface area contributed by atoms with Crippen molar-refractivity contribution in [3.05, 3.63) is 18.2 Å². The van der Waals surface area contributed by atoms with Gasteiger partial charge in [-0.05, 0) is 42.7 Å². The maximum atomic E-state index is 13.7. The summed E-state index contributed by atoms with van der Waals surface area (Å²) in [6, 6.07) is 5.31. The zero-order valence-electron chi connectivity index (χ0n) is 22.8. The second-order valence-electron chi connectivity index (χ2n) is 11.9. The van der Waals surface area contributed by atoms with E-state index in [9.17, 15) is 19.6 Å². The lowest BCUT2D eigenvalue weighted by atomic mass is 9.84. The number of carbonyl (C=O) groups excluding carboxylic acids is 3. The number of hydrogen-bond donors (Lipinski definition) is 3. The van der Waals surface area contributed by atoms with E-state index in [-0.39, 0.29) is 31.2 Å². The monoisotopic (exact) mass is 530 g/mol. The number of fused-ring (bicyclic) bond motifs is 1. The average molecular weight is 531 g/mol. The van der Waals surface area contributed by atoms with Gasteiger partial charge in [0.15, 0.2) is 11.5 Å². The Kier molecular flexibility index (Phi) is 9.02. The molecule has 210 valence electrons. The number of amides is 3. The minimum atomic E-state index is -0.706. The molecule has 3 N–H and O–H groups in total. The zero-order chi connectivity index (χ0) is 27.3. The predicted octanol–water partition coefficient (Wildman–Crippen LogP) is 3.39. The van der Waals surface area contributed by atoms with Crippen molar-refractivity contribution in [3.63, 3.8) is 0 Å². The molecule has 2 fully saturated rings. The van der Waals surface area contributed by atoms with E-state index in [1.165, 1.54) is 0 Å². The fraction of sp³-hybridized carbons (Fsp3) is 0.679. The number of hydrogen-bond acceptors (Lipinski definition) is 7. The van der Waals surface area contributed by atoms with Crippen LogP contribution in [-0.2, 0) is 14.4 Å². The highest BCUT2D eigenvalue weighted by Gasteiger charge is 2.39. The second kappa shape index (κ2) is 12.2. The standard InChI is InChI=1S/C28H42N4O6/c1-28(2,3)25(30-26(34)20(16-32(36)17-33)14-19-6-4-5-7-19)27(35)31-12-10-21(11-13-31)29-22-8-9-23-24(15-22)38-18-37-23/h8-9,15,17,19-21,25,29,36H,4-7,10-14,16,18H2,1-3H3,(H,30,34)/t20-,25-/m1/s1. The fourth-order valence-corrected chi connectivity index (χ4v) is 5.74. The normalized spacial score (nSPS) is 19.6. The average Bonchev–Trinajstić information content (AvgIpc) is 3.58. The minimum absolute atomic E-state index is 0.0756. The van der Waals surface area contributed by atoms with E-state index in [1.54, 1.807) is 0 Å². The van der Waals surface area contributed by atoms with Gasteiger partial charge in [-0.25, -0.2) is 5.06 Å². The Morgan fingerprint density at radius 3 is 2.47 bits per heavy atom. The summed E-state index contributed by atoms with van der Waals surface area (Å²) in [6.07, 6.45) is 6.86. The molecule has 3 aliphatic rings. The molecule has 1 aliphatic carbocycles. The van der Waals surface area contributed by atoms with Gasteiger partial charge in [-0.15, -0.1) is 0 Å². The first-order valence-corrected chi connectivity index (χ1v) is 13.8. The number of hydroxylamine groups is 2. The van der Waals surface area contributed by atoms with Crippen LogP contribution >= 0.6 is 0 Å². The summed E-state index contributed by atoms with van der Waals surface area (Å²) >= 11 is 0.